The van der Waals surface area contributed by atoms with Crippen molar-refractivity contribution in [2.75, 3.05) is 5.32 Å². The second kappa shape index (κ2) is 4.09. The molecule has 0 saturated carbocycles. The van der Waals surface area contributed by atoms with E-state index in [0.717, 1.165) is 12.2 Å². The van der Waals surface area contributed by atoms with Crippen LogP contribution in [0.5, 0.6) is 5.75 Å². The van der Waals surface area contributed by atoms with E-state index in [2.05, 4.69) is 16.0 Å². The average Bonchev–Trinajstić information content (AvgIpc) is 2.61. The summed E-state index contributed by atoms with van der Waals surface area (Å²) in [7, 11) is 2.01. The Labute approximate surface area is 89.0 Å². The average molecular weight is 202 g/mol. The molecule has 0 unspecified atom stereocenters. The number of phenolic OH excluding ortho intramolecular Hbond substituents is 1. The van der Waals surface area contributed by atoms with Crippen LogP contribution >= 0.6 is 0 Å². The number of aromatic hydroxyl groups is 1. The predicted molar refractivity (Wildman–Crippen MR) is 60.8 cm³/mol. The van der Waals surface area contributed by atoms with Crippen LogP contribution in [-0.4, -0.2) is 9.67 Å². The number of aromatic nitrogens is 1. The molecule has 2 aromatic rings. The number of hydrogen-bond donors (Lipinski definition) is 2. The minimum Gasteiger partial charge on any atom is -0.508 e. The molecule has 0 aliphatic rings. The molecule has 78 valence electrons. The number of nitrogens with zero attached hydrogens (tertiary/aromatic N) is 1. The number of phenols is 1. The van der Waals surface area contributed by atoms with Crippen molar-refractivity contribution in [3.8, 4) is 5.75 Å². The Kier molecular flexibility index (Phi) is 2.63. The summed E-state index contributed by atoms with van der Waals surface area (Å²) in [6.07, 6.45) is 2.01. The first-order chi connectivity index (χ1) is 7.25. The first-order valence-corrected chi connectivity index (χ1v) is 4.89. The van der Waals surface area contributed by atoms with Gasteiger partial charge in [0, 0.05) is 30.7 Å². The molecule has 3 heteroatoms. The largest absolute Gasteiger partial charge is 0.508 e. The van der Waals surface area contributed by atoms with Crippen molar-refractivity contribution < 1.29 is 5.11 Å². The highest BCUT2D eigenvalue weighted by Gasteiger charge is 1.97. The van der Waals surface area contributed by atoms with Gasteiger partial charge in [-0.3, -0.25) is 0 Å². The van der Waals surface area contributed by atoms with Gasteiger partial charge in [0.25, 0.3) is 0 Å². The Morgan fingerprint density at radius 2 is 2.13 bits per heavy atom. The van der Waals surface area contributed by atoms with Crippen LogP contribution in [0.15, 0.2) is 42.6 Å². The molecule has 0 radical (unpaired) electrons. The fourth-order valence-corrected chi connectivity index (χ4v) is 1.49. The van der Waals surface area contributed by atoms with Crippen LogP contribution in [0.3, 0.4) is 0 Å². The van der Waals surface area contributed by atoms with Gasteiger partial charge in [-0.05, 0) is 24.3 Å². The summed E-state index contributed by atoms with van der Waals surface area (Å²) >= 11 is 0. The van der Waals surface area contributed by atoms with Crippen LogP contribution in [0.1, 0.15) is 5.69 Å². The summed E-state index contributed by atoms with van der Waals surface area (Å²) in [4.78, 5) is 0. The van der Waals surface area contributed by atoms with Gasteiger partial charge in [-0.15, -0.1) is 0 Å². The number of benzene rings is 1. The van der Waals surface area contributed by atoms with Gasteiger partial charge in [-0.1, -0.05) is 6.07 Å². The third-order valence-corrected chi connectivity index (χ3v) is 2.37. The van der Waals surface area contributed by atoms with Gasteiger partial charge in [0.2, 0.25) is 0 Å². The topological polar surface area (TPSA) is 37.2 Å². The Bertz CT molecular complexity index is 448. The fraction of sp³-hybridized carbons (Fsp3) is 0.167. The van der Waals surface area contributed by atoms with Crippen molar-refractivity contribution in [3.63, 3.8) is 0 Å². The predicted octanol–water partition coefficient (Wildman–Crippen LogP) is 2.34. The third kappa shape index (κ3) is 2.31. The van der Waals surface area contributed by atoms with E-state index in [0.29, 0.717) is 0 Å². The summed E-state index contributed by atoms with van der Waals surface area (Å²) < 4.78 is 2.07. The summed E-state index contributed by atoms with van der Waals surface area (Å²) in [6.45, 7) is 0.757. The van der Waals surface area contributed by atoms with E-state index < -0.39 is 0 Å². The maximum Gasteiger partial charge on any atom is 0.117 e. The first kappa shape index (κ1) is 9.65. The van der Waals surface area contributed by atoms with Gasteiger partial charge in [0.05, 0.1) is 6.54 Å². The number of anilines is 1. The Morgan fingerprint density at radius 1 is 1.27 bits per heavy atom. The van der Waals surface area contributed by atoms with Crippen LogP contribution in [0.2, 0.25) is 0 Å². The zero-order chi connectivity index (χ0) is 10.7. The molecule has 0 amide bonds. The summed E-state index contributed by atoms with van der Waals surface area (Å²) in [5.74, 6) is 0.284. The van der Waals surface area contributed by atoms with Crippen molar-refractivity contribution in [1.29, 1.82) is 0 Å². The molecular formula is C12H14N2O. The lowest BCUT2D eigenvalue weighted by Crippen LogP contribution is -2.03. The molecule has 0 saturated heterocycles. The lowest BCUT2D eigenvalue weighted by atomic mass is 10.3. The van der Waals surface area contributed by atoms with E-state index >= 15 is 0 Å². The Balaban J connectivity index is 2.02. The Morgan fingerprint density at radius 3 is 2.80 bits per heavy atom. The number of nitrogens with one attached hydrogen (secondary N) is 1. The maximum atomic E-state index is 9.28. The minimum atomic E-state index is 0.284. The quantitative estimate of drug-likeness (QED) is 0.801. The highest BCUT2D eigenvalue weighted by molar-refractivity contribution is 5.47. The van der Waals surface area contributed by atoms with Crippen LogP contribution < -0.4 is 5.32 Å². The van der Waals surface area contributed by atoms with Gasteiger partial charge in [-0.2, -0.15) is 0 Å². The van der Waals surface area contributed by atoms with E-state index in [1.54, 1.807) is 12.1 Å². The molecule has 1 aromatic heterocycles. The summed E-state index contributed by atoms with van der Waals surface area (Å²) in [6, 6.07) is 11.2. The second-order valence-corrected chi connectivity index (χ2v) is 3.51. The molecule has 0 fully saturated rings. The molecule has 15 heavy (non-hydrogen) atoms. The fourth-order valence-electron chi connectivity index (χ4n) is 1.49. The van der Waals surface area contributed by atoms with Crippen molar-refractivity contribution >= 4 is 5.69 Å². The molecule has 0 bridgehead atoms. The molecule has 0 aliphatic heterocycles. The molecule has 3 nitrogen and oxygen atoms in total. The van der Waals surface area contributed by atoms with Gasteiger partial charge >= 0.3 is 0 Å². The number of aryl methyl sites for hydroxylation is 1. The van der Waals surface area contributed by atoms with E-state index in [1.165, 1.54) is 5.69 Å². The highest BCUT2D eigenvalue weighted by atomic mass is 16.3. The number of rotatable bonds is 3. The zero-order valence-electron chi connectivity index (χ0n) is 8.64. The molecule has 2 N–H and O–H groups in total. The molecule has 0 spiro atoms. The van der Waals surface area contributed by atoms with Gasteiger partial charge in [0.15, 0.2) is 0 Å². The van der Waals surface area contributed by atoms with E-state index in [1.807, 2.05) is 31.4 Å². The summed E-state index contributed by atoms with van der Waals surface area (Å²) in [5.41, 5.74) is 2.13. The van der Waals surface area contributed by atoms with Crippen LogP contribution in [-0.2, 0) is 13.6 Å². The molecule has 2 rings (SSSR count). The van der Waals surface area contributed by atoms with Crippen molar-refractivity contribution in [1.82, 2.24) is 4.57 Å². The van der Waals surface area contributed by atoms with Crippen molar-refractivity contribution in [2.45, 2.75) is 6.54 Å². The maximum absolute atomic E-state index is 9.28. The highest BCUT2D eigenvalue weighted by Crippen LogP contribution is 2.16. The van der Waals surface area contributed by atoms with Gasteiger partial charge in [0.1, 0.15) is 5.75 Å². The normalized spacial score (nSPS) is 10.2. The second-order valence-electron chi connectivity index (χ2n) is 3.51. The van der Waals surface area contributed by atoms with E-state index in [4.69, 9.17) is 0 Å². The number of hydrogen-bond acceptors (Lipinski definition) is 2. The molecule has 0 aliphatic carbocycles. The van der Waals surface area contributed by atoms with Gasteiger partial charge < -0.3 is 15.0 Å². The smallest absolute Gasteiger partial charge is 0.117 e. The first-order valence-electron chi connectivity index (χ1n) is 4.89. The standard InChI is InChI=1S/C12H14N2O/c1-14-7-3-5-11(14)9-13-10-4-2-6-12(15)8-10/h2-8,13,15H,9H2,1H3. The third-order valence-electron chi connectivity index (χ3n) is 2.37. The van der Waals surface area contributed by atoms with Gasteiger partial charge in [-0.25, -0.2) is 0 Å². The van der Waals surface area contributed by atoms with Crippen LogP contribution in [0, 0.1) is 0 Å². The van der Waals surface area contributed by atoms with Crippen molar-refractivity contribution in [3.05, 3.63) is 48.3 Å². The minimum absolute atomic E-state index is 0.284. The molecule has 0 atom stereocenters. The van der Waals surface area contributed by atoms with Crippen LogP contribution in [0.4, 0.5) is 5.69 Å². The van der Waals surface area contributed by atoms with E-state index in [-0.39, 0.29) is 5.75 Å². The van der Waals surface area contributed by atoms with Crippen molar-refractivity contribution in [2.24, 2.45) is 7.05 Å². The summed E-state index contributed by atoms with van der Waals surface area (Å²) in [5, 5.41) is 12.5. The monoisotopic (exact) mass is 202 g/mol. The van der Waals surface area contributed by atoms with E-state index in [9.17, 15) is 5.11 Å². The Hall–Kier alpha value is -1.90. The molecular weight excluding hydrogens is 188 g/mol. The lowest BCUT2D eigenvalue weighted by Gasteiger charge is -2.07. The zero-order valence-corrected chi connectivity index (χ0v) is 8.64. The SMILES string of the molecule is Cn1cccc1CNc1cccc(O)c1. The lowest BCUT2D eigenvalue weighted by molar-refractivity contribution is 0.475. The molecule has 1 heterocycles. The molecule has 1 aromatic carbocycles. The van der Waals surface area contributed by atoms with Crippen LogP contribution in [0.25, 0.3) is 0 Å².